The standard InChI is InChI=1S/C12H15FN2O4/c1-15(9-4-2-3-8(13)7-9)12(19)14-10(5-6-16)11(17)18/h2-4,7,10,16H,5-6H2,1H3,(H,14,19)(H,17,18). The summed E-state index contributed by atoms with van der Waals surface area (Å²) in [4.78, 5) is 23.7. The molecule has 0 aromatic heterocycles. The van der Waals surface area contributed by atoms with E-state index in [2.05, 4.69) is 5.32 Å². The molecule has 0 bridgehead atoms. The Balaban J connectivity index is 2.74. The van der Waals surface area contributed by atoms with Gasteiger partial charge in [-0.3, -0.25) is 4.90 Å². The number of benzene rings is 1. The number of aliphatic hydroxyl groups is 1. The van der Waals surface area contributed by atoms with Crippen molar-refractivity contribution in [3.8, 4) is 0 Å². The zero-order valence-electron chi connectivity index (χ0n) is 10.3. The molecule has 7 heteroatoms. The number of carboxylic acids is 1. The predicted molar refractivity (Wildman–Crippen MR) is 66.5 cm³/mol. The Labute approximate surface area is 109 Å². The lowest BCUT2D eigenvalue weighted by Crippen LogP contribution is -2.47. The van der Waals surface area contributed by atoms with Crippen molar-refractivity contribution in [3.05, 3.63) is 30.1 Å². The van der Waals surface area contributed by atoms with E-state index in [0.29, 0.717) is 5.69 Å². The molecule has 1 aromatic carbocycles. The number of hydrogen-bond acceptors (Lipinski definition) is 3. The first-order valence-corrected chi connectivity index (χ1v) is 5.59. The van der Waals surface area contributed by atoms with Crippen LogP contribution in [-0.4, -0.2) is 41.9 Å². The number of anilines is 1. The van der Waals surface area contributed by atoms with E-state index in [4.69, 9.17) is 10.2 Å². The van der Waals surface area contributed by atoms with Crippen LogP contribution < -0.4 is 10.2 Å². The topological polar surface area (TPSA) is 89.9 Å². The summed E-state index contributed by atoms with van der Waals surface area (Å²) in [6.07, 6.45) is -0.0991. The molecule has 0 saturated carbocycles. The van der Waals surface area contributed by atoms with E-state index in [1.807, 2.05) is 0 Å². The number of nitrogens with one attached hydrogen (secondary N) is 1. The van der Waals surface area contributed by atoms with E-state index < -0.39 is 23.9 Å². The van der Waals surface area contributed by atoms with Crippen LogP contribution in [0.1, 0.15) is 6.42 Å². The van der Waals surface area contributed by atoms with Crippen LogP contribution in [0, 0.1) is 5.82 Å². The van der Waals surface area contributed by atoms with E-state index in [9.17, 15) is 14.0 Å². The molecule has 0 heterocycles. The summed E-state index contributed by atoms with van der Waals surface area (Å²) in [6, 6.07) is 3.48. The second-order valence-electron chi connectivity index (χ2n) is 3.89. The molecule has 2 amide bonds. The lowest BCUT2D eigenvalue weighted by atomic mass is 10.2. The van der Waals surface area contributed by atoms with E-state index in [-0.39, 0.29) is 13.0 Å². The largest absolute Gasteiger partial charge is 0.480 e. The minimum Gasteiger partial charge on any atom is -0.480 e. The van der Waals surface area contributed by atoms with Gasteiger partial charge in [0.15, 0.2) is 0 Å². The van der Waals surface area contributed by atoms with Crippen molar-refractivity contribution in [2.24, 2.45) is 0 Å². The van der Waals surface area contributed by atoms with Crippen molar-refractivity contribution in [2.45, 2.75) is 12.5 Å². The Morgan fingerprint density at radius 3 is 2.68 bits per heavy atom. The van der Waals surface area contributed by atoms with Gasteiger partial charge in [0.1, 0.15) is 11.9 Å². The molecule has 1 atom stereocenters. The summed E-state index contributed by atoms with van der Waals surface area (Å²) in [5.41, 5.74) is 0.297. The molecule has 3 N–H and O–H groups in total. The van der Waals surface area contributed by atoms with Gasteiger partial charge >= 0.3 is 12.0 Å². The molecule has 6 nitrogen and oxygen atoms in total. The van der Waals surface area contributed by atoms with Crippen molar-refractivity contribution in [3.63, 3.8) is 0 Å². The number of aliphatic carboxylic acids is 1. The molecule has 0 aliphatic rings. The van der Waals surface area contributed by atoms with E-state index in [0.717, 1.165) is 11.0 Å². The number of hydrogen-bond donors (Lipinski definition) is 3. The summed E-state index contributed by atoms with van der Waals surface area (Å²) in [6.45, 7) is -0.360. The molecule has 0 fully saturated rings. The first-order valence-electron chi connectivity index (χ1n) is 5.59. The number of halogens is 1. The molecule has 104 valence electrons. The maximum Gasteiger partial charge on any atom is 0.326 e. The van der Waals surface area contributed by atoms with Crippen molar-refractivity contribution in [1.29, 1.82) is 0 Å². The van der Waals surface area contributed by atoms with Gasteiger partial charge in [-0.2, -0.15) is 0 Å². The van der Waals surface area contributed by atoms with Crippen LogP contribution in [0.5, 0.6) is 0 Å². The molecule has 0 spiro atoms. The summed E-state index contributed by atoms with van der Waals surface area (Å²) in [5.74, 6) is -1.74. The molecular formula is C12H15FN2O4. The third-order valence-electron chi connectivity index (χ3n) is 2.51. The number of nitrogens with zero attached hydrogens (tertiary/aromatic N) is 1. The van der Waals surface area contributed by atoms with Gasteiger partial charge in [0, 0.05) is 25.8 Å². The fourth-order valence-corrected chi connectivity index (χ4v) is 1.43. The Bertz CT molecular complexity index is 467. The minimum atomic E-state index is -1.24. The van der Waals surface area contributed by atoms with Crippen molar-refractivity contribution >= 4 is 17.7 Å². The lowest BCUT2D eigenvalue weighted by molar-refractivity contribution is -0.139. The predicted octanol–water partition coefficient (Wildman–Crippen LogP) is 0.807. The fourth-order valence-electron chi connectivity index (χ4n) is 1.43. The quantitative estimate of drug-likeness (QED) is 0.738. The van der Waals surface area contributed by atoms with E-state index in [1.165, 1.54) is 25.2 Å². The lowest BCUT2D eigenvalue weighted by Gasteiger charge is -2.21. The Kier molecular flexibility index (Phi) is 5.25. The minimum absolute atomic E-state index is 0.0991. The number of carbonyl (C=O) groups excluding carboxylic acids is 1. The summed E-state index contributed by atoms with van der Waals surface area (Å²) >= 11 is 0. The van der Waals surface area contributed by atoms with Gasteiger partial charge in [-0.15, -0.1) is 0 Å². The van der Waals surface area contributed by atoms with Crippen LogP contribution in [0.3, 0.4) is 0 Å². The number of rotatable bonds is 5. The van der Waals surface area contributed by atoms with Crippen LogP contribution in [-0.2, 0) is 4.79 Å². The smallest absolute Gasteiger partial charge is 0.326 e. The van der Waals surface area contributed by atoms with Crippen molar-refractivity contribution < 1.29 is 24.2 Å². The van der Waals surface area contributed by atoms with E-state index in [1.54, 1.807) is 0 Å². The van der Waals surface area contributed by atoms with Gasteiger partial charge in [-0.25, -0.2) is 14.0 Å². The molecule has 19 heavy (non-hydrogen) atoms. The van der Waals surface area contributed by atoms with Gasteiger partial charge in [0.25, 0.3) is 0 Å². The van der Waals surface area contributed by atoms with Crippen LogP contribution >= 0.6 is 0 Å². The maximum atomic E-state index is 13.0. The Morgan fingerprint density at radius 2 is 2.16 bits per heavy atom. The van der Waals surface area contributed by atoms with Crippen LogP contribution in [0.2, 0.25) is 0 Å². The average Bonchev–Trinajstić information content (AvgIpc) is 2.37. The monoisotopic (exact) mass is 270 g/mol. The summed E-state index contributed by atoms with van der Waals surface area (Å²) in [7, 11) is 1.39. The zero-order valence-corrected chi connectivity index (χ0v) is 10.3. The molecule has 0 saturated heterocycles. The highest BCUT2D eigenvalue weighted by Gasteiger charge is 2.21. The van der Waals surface area contributed by atoms with Gasteiger partial charge in [-0.1, -0.05) is 6.07 Å². The first-order chi connectivity index (χ1) is 8.95. The Morgan fingerprint density at radius 1 is 1.47 bits per heavy atom. The average molecular weight is 270 g/mol. The van der Waals surface area contributed by atoms with Crippen LogP contribution in [0.4, 0.5) is 14.9 Å². The maximum absolute atomic E-state index is 13.0. The molecule has 1 rings (SSSR count). The van der Waals surface area contributed by atoms with E-state index >= 15 is 0 Å². The number of carboxylic acid groups (broad SMARTS) is 1. The number of amides is 2. The SMILES string of the molecule is CN(C(=O)NC(CCO)C(=O)O)c1cccc(F)c1. The summed E-state index contributed by atoms with van der Waals surface area (Å²) in [5, 5.41) is 19.8. The molecule has 0 radical (unpaired) electrons. The molecule has 0 aliphatic heterocycles. The first kappa shape index (κ1) is 14.9. The fraction of sp³-hybridized carbons (Fsp3) is 0.333. The van der Waals surface area contributed by atoms with Crippen molar-refractivity contribution in [2.75, 3.05) is 18.6 Å². The number of carbonyl (C=O) groups is 2. The van der Waals surface area contributed by atoms with Crippen molar-refractivity contribution in [1.82, 2.24) is 5.32 Å². The third-order valence-corrected chi connectivity index (χ3v) is 2.51. The third kappa shape index (κ3) is 4.22. The van der Waals surface area contributed by atoms with Crippen LogP contribution in [0.15, 0.2) is 24.3 Å². The van der Waals surface area contributed by atoms with Gasteiger partial charge < -0.3 is 15.5 Å². The second kappa shape index (κ2) is 6.69. The normalized spacial score (nSPS) is 11.7. The molecule has 1 unspecified atom stereocenters. The van der Waals surface area contributed by atoms with Gasteiger partial charge in [0.05, 0.1) is 0 Å². The molecule has 1 aromatic rings. The zero-order chi connectivity index (χ0) is 14.4. The highest BCUT2D eigenvalue weighted by Crippen LogP contribution is 2.14. The Hall–Kier alpha value is -2.15. The summed E-state index contributed by atoms with van der Waals surface area (Å²) < 4.78 is 13.0. The van der Waals surface area contributed by atoms with Gasteiger partial charge in [0.2, 0.25) is 0 Å². The number of aliphatic hydroxyl groups excluding tert-OH is 1. The second-order valence-corrected chi connectivity index (χ2v) is 3.89. The highest BCUT2D eigenvalue weighted by atomic mass is 19.1. The highest BCUT2D eigenvalue weighted by molar-refractivity contribution is 5.93. The molecular weight excluding hydrogens is 255 g/mol. The molecule has 0 aliphatic carbocycles. The van der Waals surface area contributed by atoms with Gasteiger partial charge in [-0.05, 0) is 18.2 Å². The number of urea groups is 1. The van der Waals surface area contributed by atoms with Crippen LogP contribution in [0.25, 0.3) is 0 Å².